The molecule has 1 atom stereocenters. The molecular formula is C16H22FN3O. The Morgan fingerprint density at radius 1 is 1.19 bits per heavy atom. The number of carbonyl (C=O) groups excluding carboxylic acids is 1. The van der Waals surface area contributed by atoms with Crippen molar-refractivity contribution in [3.63, 3.8) is 0 Å². The first kappa shape index (κ1) is 14.3. The average molecular weight is 291 g/mol. The minimum atomic E-state index is -0.302. The van der Waals surface area contributed by atoms with Crippen molar-refractivity contribution >= 4 is 11.7 Å². The lowest BCUT2D eigenvalue weighted by Gasteiger charge is -2.36. The maximum atomic E-state index is 13.9. The first-order valence-electron chi connectivity index (χ1n) is 7.90. The van der Waals surface area contributed by atoms with E-state index in [1.807, 2.05) is 9.80 Å². The van der Waals surface area contributed by atoms with Gasteiger partial charge in [-0.25, -0.2) is 9.37 Å². The van der Waals surface area contributed by atoms with E-state index in [-0.39, 0.29) is 17.6 Å². The molecule has 1 amide bonds. The minimum absolute atomic E-state index is 0.0155. The number of amides is 1. The van der Waals surface area contributed by atoms with Gasteiger partial charge in [0.2, 0.25) is 5.91 Å². The molecular weight excluding hydrogens is 269 g/mol. The van der Waals surface area contributed by atoms with Gasteiger partial charge < -0.3 is 9.80 Å². The van der Waals surface area contributed by atoms with Crippen LogP contribution < -0.4 is 4.90 Å². The highest BCUT2D eigenvalue weighted by Crippen LogP contribution is 2.25. The predicted octanol–water partition coefficient (Wildman–Crippen LogP) is 2.45. The summed E-state index contributed by atoms with van der Waals surface area (Å²) in [7, 11) is 0. The molecule has 1 aromatic rings. The van der Waals surface area contributed by atoms with Gasteiger partial charge >= 0.3 is 0 Å². The lowest BCUT2D eigenvalue weighted by molar-refractivity contribution is -0.136. The topological polar surface area (TPSA) is 36.4 Å². The van der Waals surface area contributed by atoms with Gasteiger partial charge in [0, 0.05) is 32.4 Å². The van der Waals surface area contributed by atoms with E-state index in [4.69, 9.17) is 0 Å². The van der Waals surface area contributed by atoms with Gasteiger partial charge in [-0.2, -0.15) is 0 Å². The number of aromatic nitrogens is 1. The summed E-state index contributed by atoms with van der Waals surface area (Å²) in [6.07, 6.45) is 6.86. The summed E-state index contributed by atoms with van der Waals surface area (Å²) < 4.78 is 13.9. The van der Waals surface area contributed by atoms with Crippen molar-refractivity contribution < 1.29 is 9.18 Å². The fourth-order valence-corrected chi connectivity index (χ4v) is 3.35. The standard InChI is InChI=1S/C16H22FN3O/c17-14-7-4-8-18-15(14)20-11-5-6-13(12-20)16(21)19-9-2-1-3-10-19/h4,7-8,13H,1-3,5-6,9-12H2. The molecule has 2 aliphatic rings. The van der Waals surface area contributed by atoms with Crippen molar-refractivity contribution in [3.05, 3.63) is 24.1 Å². The highest BCUT2D eigenvalue weighted by atomic mass is 19.1. The Balaban J connectivity index is 1.68. The number of pyridine rings is 1. The third-order valence-corrected chi connectivity index (χ3v) is 4.48. The third kappa shape index (κ3) is 3.17. The second kappa shape index (κ2) is 6.41. The summed E-state index contributed by atoms with van der Waals surface area (Å²) in [5, 5.41) is 0. The van der Waals surface area contributed by atoms with Gasteiger partial charge in [0.05, 0.1) is 5.92 Å². The lowest BCUT2D eigenvalue weighted by atomic mass is 9.95. The smallest absolute Gasteiger partial charge is 0.227 e. The average Bonchev–Trinajstić information content (AvgIpc) is 2.55. The first-order valence-corrected chi connectivity index (χ1v) is 7.90. The van der Waals surface area contributed by atoms with Gasteiger partial charge in [0.15, 0.2) is 11.6 Å². The number of carbonyl (C=O) groups is 1. The molecule has 3 rings (SSSR count). The zero-order valence-electron chi connectivity index (χ0n) is 12.3. The molecule has 21 heavy (non-hydrogen) atoms. The quantitative estimate of drug-likeness (QED) is 0.840. The van der Waals surface area contributed by atoms with Crippen molar-refractivity contribution in [1.82, 2.24) is 9.88 Å². The Kier molecular flexibility index (Phi) is 4.36. The van der Waals surface area contributed by atoms with Crippen LogP contribution in [0.2, 0.25) is 0 Å². The summed E-state index contributed by atoms with van der Waals surface area (Å²) in [5.74, 6) is 0.311. The zero-order chi connectivity index (χ0) is 14.7. The van der Waals surface area contributed by atoms with E-state index >= 15 is 0 Å². The lowest BCUT2D eigenvalue weighted by Crippen LogP contribution is -2.46. The Labute approximate surface area is 125 Å². The third-order valence-electron chi connectivity index (χ3n) is 4.48. The van der Waals surface area contributed by atoms with E-state index < -0.39 is 0 Å². The van der Waals surface area contributed by atoms with Crippen LogP contribution >= 0.6 is 0 Å². The number of likely N-dealkylation sites (tertiary alicyclic amines) is 1. The van der Waals surface area contributed by atoms with Crippen LogP contribution in [0.1, 0.15) is 32.1 Å². The summed E-state index contributed by atoms with van der Waals surface area (Å²) in [6.45, 7) is 3.13. The van der Waals surface area contributed by atoms with Crippen molar-refractivity contribution in [2.45, 2.75) is 32.1 Å². The normalized spacial score (nSPS) is 23.2. The second-order valence-electron chi connectivity index (χ2n) is 5.98. The molecule has 0 N–H and O–H groups in total. The highest BCUT2D eigenvalue weighted by Gasteiger charge is 2.31. The minimum Gasteiger partial charge on any atom is -0.353 e. The molecule has 0 saturated carbocycles. The molecule has 0 bridgehead atoms. The van der Waals surface area contributed by atoms with E-state index in [0.717, 1.165) is 45.3 Å². The van der Waals surface area contributed by atoms with Gasteiger partial charge in [-0.15, -0.1) is 0 Å². The number of hydrogen-bond acceptors (Lipinski definition) is 3. The molecule has 0 radical (unpaired) electrons. The van der Waals surface area contributed by atoms with Crippen molar-refractivity contribution in [1.29, 1.82) is 0 Å². The summed E-state index contributed by atoms with van der Waals surface area (Å²) in [6, 6.07) is 3.03. The van der Waals surface area contributed by atoms with E-state index in [1.54, 1.807) is 12.3 Å². The molecule has 0 spiro atoms. The van der Waals surface area contributed by atoms with Gasteiger partial charge in [-0.05, 0) is 44.2 Å². The van der Waals surface area contributed by atoms with E-state index in [0.29, 0.717) is 12.4 Å². The van der Waals surface area contributed by atoms with E-state index in [1.165, 1.54) is 12.5 Å². The van der Waals surface area contributed by atoms with Gasteiger partial charge in [-0.1, -0.05) is 0 Å². The van der Waals surface area contributed by atoms with Crippen LogP contribution in [-0.4, -0.2) is 42.0 Å². The van der Waals surface area contributed by atoms with Gasteiger partial charge in [-0.3, -0.25) is 4.79 Å². The summed E-state index contributed by atoms with van der Waals surface area (Å²) in [5.41, 5.74) is 0. The van der Waals surface area contributed by atoms with Crippen LogP contribution in [0.25, 0.3) is 0 Å². The van der Waals surface area contributed by atoms with E-state index in [9.17, 15) is 9.18 Å². The molecule has 2 saturated heterocycles. The highest BCUT2D eigenvalue weighted by molar-refractivity contribution is 5.79. The number of nitrogens with zero attached hydrogens (tertiary/aromatic N) is 3. The molecule has 114 valence electrons. The van der Waals surface area contributed by atoms with Crippen molar-refractivity contribution in [3.8, 4) is 0 Å². The number of piperidine rings is 2. The number of rotatable bonds is 2. The molecule has 5 heteroatoms. The molecule has 4 nitrogen and oxygen atoms in total. The van der Waals surface area contributed by atoms with Crippen molar-refractivity contribution in [2.24, 2.45) is 5.92 Å². The fraction of sp³-hybridized carbons (Fsp3) is 0.625. The largest absolute Gasteiger partial charge is 0.353 e. The van der Waals surface area contributed by atoms with Crippen LogP contribution in [0.15, 0.2) is 18.3 Å². The van der Waals surface area contributed by atoms with Crippen LogP contribution in [0.4, 0.5) is 10.2 Å². The Morgan fingerprint density at radius 3 is 2.76 bits per heavy atom. The monoisotopic (exact) mass is 291 g/mol. The van der Waals surface area contributed by atoms with E-state index in [2.05, 4.69) is 4.98 Å². The number of hydrogen-bond donors (Lipinski definition) is 0. The molecule has 1 aromatic heterocycles. The predicted molar refractivity (Wildman–Crippen MR) is 79.6 cm³/mol. The zero-order valence-corrected chi connectivity index (χ0v) is 12.3. The fourth-order valence-electron chi connectivity index (χ4n) is 3.35. The number of halogens is 1. The molecule has 0 aliphatic carbocycles. The maximum absolute atomic E-state index is 13.9. The van der Waals surface area contributed by atoms with Gasteiger partial charge in [0.25, 0.3) is 0 Å². The Hall–Kier alpha value is -1.65. The molecule has 2 aliphatic heterocycles. The van der Waals surface area contributed by atoms with Crippen LogP contribution in [-0.2, 0) is 4.79 Å². The number of anilines is 1. The Morgan fingerprint density at radius 2 is 2.00 bits per heavy atom. The van der Waals surface area contributed by atoms with Crippen molar-refractivity contribution in [2.75, 3.05) is 31.1 Å². The molecule has 1 unspecified atom stereocenters. The summed E-state index contributed by atoms with van der Waals surface area (Å²) in [4.78, 5) is 20.6. The van der Waals surface area contributed by atoms with Crippen LogP contribution in [0.3, 0.4) is 0 Å². The second-order valence-corrected chi connectivity index (χ2v) is 5.98. The first-order chi connectivity index (χ1) is 10.3. The molecule has 2 fully saturated rings. The molecule has 3 heterocycles. The summed E-state index contributed by atoms with van der Waals surface area (Å²) >= 11 is 0. The van der Waals surface area contributed by atoms with Crippen LogP contribution in [0, 0.1) is 11.7 Å². The van der Waals surface area contributed by atoms with Crippen LogP contribution in [0.5, 0.6) is 0 Å². The Bertz CT molecular complexity index is 502. The maximum Gasteiger partial charge on any atom is 0.227 e. The molecule has 0 aromatic carbocycles. The SMILES string of the molecule is O=C(C1CCCN(c2ncccc2F)C1)N1CCCCC1. The van der Waals surface area contributed by atoms with Gasteiger partial charge in [0.1, 0.15) is 0 Å².